The van der Waals surface area contributed by atoms with Gasteiger partial charge in [-0.05, 0) is 60.9 Å². The van der Waals surface area contributed by atoms with Gasteiger partial charge in [0, 0.05) is 12.6 Å². The summed E-state index contributed by atoms with van der Waals surface area (Å²) in [4.78, 5) is 11.0. The maximum absolute atomic E-state index is 11.0. The number of benzene rings is 2. The number of primary amides is 1. The van der Waals surface area contributed by atoms with Gasteiger partial charge in [-0.1, -0.05) is 36.4 Å². The summed E-state index contributed by atoms with van der Waals surface area (Å²) in [6.07, 6.45) is 3.50. The zero-order valence-corrected chi connectivity index (χ0v) is 14.9. The molecule has 0 bridgehead atoms. The summed E-state index contributed by atoms with van der Waals surface area (Å²) in [6, 6.07) is 16.0. The topological polar surface area (TPSA) is 84.6 Å². The van der Waals surface area contributed by atoms with Crippen molar-refractivity contribution in [3.05, 3.63) is 65.2 Å². The van der Waals surface area contributed by atoms with Crippen LogP contribution in [0.5, 0.6) is 5.75 Å². The molecule has 1 aliphatic rings. The number of hydrogen-bond acceptors (Lipinski definition) is 4. The fourth-order valence-electron chi connectivity index (χ4n) is 3.53. The van der Waals surface area contributed by atoms with E-state index in [0.717, 1.165) is 37.7 Å². The molecule has 0 spiro atoms. The van der Waals surface area contributed by atoms with E-state index in [0.29, 0.717) is 12.3 Å². The summed E-state index contributed by atoms with van der Waals surface area (Å²) in [5.74, 6) is 0.467. The highest BCUT2D eigenvalue weighted by Gasteiger charge is 2.21. The van der Waals surface area contributed by atoms with E-state index in [-0.39, 0.29) is 6.04 Å². The Morgan fingerprint density at radius 2 is 2.08 bits per heavy atom. The lowest BCUT2D eigenvalue weighted by Gasteiger charge is -2.28. The molecular weight excluding hydrogens is 328 g/mol. The van der Waals surface area contributed by atoms with Gasteiger partial charge in [0.1, 0.15) is 5.75 Å². The molecule has 5 heteroatoms. The van der Waals surface area contributed by atoms with Crippen molar-refractivity contribution in [3.8, 4) is 5.75 Å². The van der Waals surface area contributed by atoms with Crippen molar-refractivity contribution < 1.29 is 14.6 Å². The number of amides is 1. The van der Waals surface area contributed by atoms with Crippen molar-refractivity contribution in [3.63, 3.8) is 0 Å². The minimum atomic E-state index is -0.804. The summed E-state index contributed by atoms with van der Waals surface area (Å²) in [7, 11) is 0. The molecule has 0 aromatic heterocycles. The van der Waals surface area contributed by atoms with Crippen LogP contribution in [0.3, 0.4) is 0 Å². The Balaban J connectivity index is 1.56. The van der Waals surface area contributed by atoms with Gasteiger partial charge in [-0.3, -0.25) is 0 Å². The van der Waals surface area contributed by atoms with Gasteiger partial charge in [0.25, 0.3) is 0 Å². The molecule has 1 amide bonds. The zero-order chi connectivity index (χ0) is 18.4. The Hall–Kier alpha value is -2.37. The normalized spacial score (nSPS) is 17.3. The van der Waals surface area contributed by atoms with Crippen LogP contribution >= 0.6 is 0 Å². The summed E-state index contributed by atoms with van der Waals surface area (Å²) in [5, 5.41) is 13.8. The average Bonchev–Trinajstić information content (AvgIpc) is 2.65. The van der Waals surface area contributed by atoms with Crippen LogP contribution in [-0.4, -0.2) is 23.8 Å². The highest BCUT2D eigenvalue weighted by atomic mass is 16.5. The van der Waals surface area contributed by atoms with E-state index in [1.54, 1.807) is 6.07 Å². The summed E-state index contributed by atoms with van der Waals surface area (Å²) >= 11 is 0. The van der Waals surface area contributed by atoms with Crippen LogP contribution in [0.2, 0.25) is 0 Å². The molecule has 2 aromatic carbocycles. The molecule has 0 saturated heterocycles. The maximum atomic E-state index is 11.0. The summed E-state index contributed by atoms with van der Waals surface area (Å²) < 4.78 is 5.00. The highest BCUT2D eigenvalue weighted by molar-refractivity contribution is 5.68. The SMILES string of the molecule is NC(=O)Oc1ccc2c(c1)[C@@H](NC[C@H](O)CCc1ccccc1)CCC2. The smallest absolute Gasteiger partial charge is 0.409 e. The molecule has 4 N–H and O–H groups in total. The quantitative estimate of drug-likeness (QED) is 0.713. The summed E-state index contributed by atoms with van der Waals surface area (Å²) in [5.41, 5.74) is 8.73. The van der Waals surface area contributed by atoms with Crippen LogP contribution < -0.4 is 15.8 Å². The van der Waals surface area contributed by atoms with Gasteiger partial charge < -0.3 is 20.9 Å². The van der Waals surface area contributed by atoms with Crippen molar-refractivity contribution >= 4 is 6.09 Å². The number of nitrogens with one attached hydrogen (secondary N) is 1. The molecule has 5 nitrogen and oxygen atoms in total. The van der Waals surface area contributed by atoms with Gasteiger partial charge in [0.15, 0.2) is 0 Å². The highest BCUT2D eigenvalue weighted by Crippen LogP contribution is 2.32. The van der Waals surface area contributed by atoms with E-state index in [1.165, 1.54) is 11.1 Å². The third kappa shape index (κ3) is 5.07. The molecule has 0 aliphatic heterocycles. The number of carbonyl (C=O) groups is 1. The Labute approximate surface area is 154 Å². The Morgan fingerprint density at radius 3 is 2.85 bits per heavy atom. The average molecular weight is 354 g/mol. The second-order valence-corrected chi connectivity index (χ2v) is 6.81. The minimum absolute atomic E-state index is 0.154. The van der Waals surface area contributed by atoms with Crippen LogP contribution in [0.25, 0.3) is 0 Å². The molecule has 2 atom stereocenters. The largest absolute Gasteiger partial charge is 0.410 e. The number of nitrogens with two attached hydrogens (primary N) is 1. The van der Waals surface area contributed by atoms with Crippen LogP contribution in [0.4, 0.5) is 4.79 Å². The van der Waals surface area contributed by atoms with Crippen molar-refractivity contribution in [1.29, 1.82) is 0 Å². The number of carbonyl (C=O) groups excluding carboxylic acids is 1. The number of fused-ring (bicyclic) bond motifs is 1. The van der Waals surface area contributed by atoms with E-state index in [2.05, 4.69) is 17.4 Å². The fraction of sp³-hybridized carbons (Fsp3) is 0.381. The third-order valence-electron chi connectivity index (χ3n) is 4.86. The number of aryl methyl sites for hydroxylation is 2. The number of aliphatic hydroxyl groups is 1. The second-order valence-electron chi connectivity index (χ2n) is 6.81. The van der Waals surface area contributed by atoms with E-state index in [9.17, 15) is 9.90 Å². The number of ether oxygens (including phenoxy) is 1. The van der Waals surface area contributed by atoms with Crippen molar-refractivity contribution in [1.82, 2.24) is 5.32 Å². The lowest BCUT2D eigenvalue weighted by atomic mass is 9.87. The van der Waals surface area contributed by atoms with Crippen LogP contribution in [-0.2, 0) is 12.8 Å². The third-order valence-corrected chi connectivity index (χ3v) is 4.86. The summed E-state index contributed by atoms with van der Waals surface area (Å²) in [6.45, 7) is 0.540. The minimum Gasteiger partial charge on any atom is -0.410 e. The molecule has 0 saturated carbocycles. The van der Waals surface area contributed by atoms with E-state index < -0.39 is 12.2 Å². The lowest BCUT2D eigenvalue weighted by Crippen LogP contribution is -2.32. The maximum Gasteiger partial charge on any atom is 0.409 e. The molecule has 138 valence electrons. The Morgan fingerprint density at radius 1 is 1.27 bits per heavy atom. The first-order valence-corrected chi connectivity index (χ1v) is 9.17. The van der Waals surface area contributed by atoms with Crippen molar-refractivity contribution in [2.24, 2.45) is 5.73 Å². The Kier molecular flexibility index (Phi) is 6.26. The Bertz CT molecular complexity index is 733. The predicted octanol–water partition coefficient (Wildman–Crippen LogP) is 3.10. The van der Waals surface area contributed by atoms with Gasteiger partial charge in [-0.15, -0.1) is 0 Å². The van der Waals surface area contributed by atoms with Crippen molar-refractivity contribution in [2.75, 3.05) is 6.54 Å². The van der Waals surface area contributed by atoms with Crippen LogP contribution in [0.1, 0.15) is 42.0 Å². The molecule has 3 rings (SSSR count). The zero-order valence-electron chi connectivity index (χ0n) is 14.9. The second kappa shape index (κ2) is 8.83. The first-order valence-electron chi connectivity index (χ1n) is 9.17. The monoisotopic (exact) mass is 354 g/mol. The molecular formula is C21H26N2O3. The number of hydrogen-bond donors (Lipinski definition) is 3. The molecule has 0 fully saturated rings. The van der Waals surface area contributed by atoms with Crippen LogP contribution in [0, 0.1) is 0 Å². The fourth-order valence-corrected chi connectivity index (χ4v) is 3.53. The molecule has 0 heterocycles. The van der Waals surface area contributed by atoms with E-state index >= 15 is 0 Å². The van der Waals surface area contributed by atoms with Gasteiger partial charge in [0.2, 0.25) is 0 Å². The van der Waals surface area contributed by atoms with Gasteiger partial charge >= 0.3 is 6.09 Å². The first kappa shape index (κ1) is 18.4. The number of rotatable bonds is 7. The number of aliphatic hydroxyl groups excluding tert-OH is 1. The van der Waals surface area contributed by atoms with E-state index in [4.69, 9.17) is 10.5 Å². The van der Waals surface area contributed by atoms with E-state index in [1.807, 2.05) is 30.3 Å². The molecule has 26 heavy (non-hydrogen) atoms. The van der Waals surface area contributed by atoms with Crippen LogP contribution in [0.15, 0.2) is 48.5 Å². The molecule has 0 unspecified atom stereocenters. The first-order chi connectivity index (χ1) is 12.6. The lowest BCUT2D eigenvalue weighted by molar-refractivity contribution is 0.156. The molecule has 0 radical (unpaired) electrons. The predicted molar refractivity (Wildman–Crippen MR) is 101 cm³/mol. The van der Waals surface area contributed by atoms with Gasteiger partial charge in [0.05, 0.1) is 6.10 Å². The standard InChI is InChI=1S/C21H26N2O3/c22-21(25)26-18-12-10-16-7-4-8-20(19(16)13-18)23-14-17(24)11-9-15-5-2-1-3-6-15/h1-3,5-6,10,12-13,17,20,23-24H,4,7-9,11,14H2,(H2,22,25)/t17-,20+/m1/s1. The molecule has 1 aliphatic carbocycles. The van der Waals surface area contributed by atoms with Gasteiger partial charge in [-0.25, -0.2) is 4.79 Å². The van der Waals surface area contributed by atoms with Crippen molar-refractivity contribution in [2.45, 2.75) is 44.2 Å². The molecule has 2 aromatic rings. The van der Waals surface area contributed by atoms with Gasteiger partial charge in [-0.2, -0.15) is 0 Å².